The van der Waals surface area contributed by atoms with Crippen molar-refractivity contribution >= 4 is 16.9 Å². The maximum atomic E-state index is 12.7. The summed E-state index contributed by atoms with van der Waals surface area (Å²) in [4.78, 5) is 14.9. The molecule has 0 heterocycles. The summed E-state index contributed by atoms with van der Waals surface area (Å²) >= 11 is 1.70. The SMILES string of the molecule is CCCCCC=CCC=CCCCCCCCCC(CCCCCCCCCCCC=CCCCCC)SC(=O)CCCN(C)C. The van der Waals surface area contributed by atoms with Crippen molar-refractivity contribution in [2.45, 2.75) is 212 Å². The van der Waals surface area contributed by atoms with Crippen molar-refractivity contribution in [2.24, 2.45) is 0 Å². The molecule has 46 heavy (non-hydrogen) atoms. The molecule has 0 saturated carbocycles. The minimum absolute atomic E-state index is 0.430. The summed E-state index contributed by atoms with van der Waals surface area (Å²) in [7, 11) is 4.20. The molecular weight excluding hydrogens is 579 g/mol. The third-order valence-corrected chi connectivity index (χ3v) is 10.3. The lowest BCUT2D eigenvalue weighted by atomic mass is 10.0. The lowest BCUT2D eigenvalue weighted by Gasteiger charge is -2.16. The number of nitrogens with zero attached hydrogens (tertiary/aromatic N) is 1. The molecule has 0 rings (SSSR count). The zero-order valence-corrected chi connectivity index (χ0v) is 32.5. The summed E-state index contributed by atoms with van der Waals surface area (Å²) in [5, 5.41) is 0.970. The fraction of sp³-hybridized carbons (Fsp3) is 0.837. The van der Waals surface area contributed by atoms with E-state index in [0.717, 1.165) is 25.8 Å². The topological polar surface area (TPSA) is 20.3 Å². The zero-order valence-electron chi connectivity index (χ0n) is 31.7. The van der Waals surface area contributed by atoms with Crippen LogP contribution in [0.1, 0.15) is 206 Å². The van der Waals surface area contributed by atoms with Crippen LogP contribution in [0.15, 0.2) is 36.5 Å². The second-order valence-corrected chi connectivity index (χ2v) is 15.5. The molecular formula is C43H81NOS. The molecule has 0 aromatic heterocycles. The highest BCUT2D eigenvalue weighted by molar-refractivity contribution is 8.14. The first-order valence-corrected chi connectivity index (χ1v) is 21.3. The van der Waals surface area contributed by atoms with E-state index in [-0.39, 0.29) is 0 Å². The van der Waals surface area contributed by atoms with Gasteiger partial charge in [0, 0.05) is 11.7 Å². The Labute approximate surface area is 294 Å². The van der Waals surface area contributed by atoms with E-state index in [2.05, 4.69) is 69.3 Å². The summed E-state index contributed by atoms with van der Waals surface area (Å²) < 4.78 is 0. The second kappa shape index (κ2) is 38.6. The molecule has 0 aliphatic carbocycles. The van der Waals surface area contributed by atoms with Crippen molar-refractivity contribution in [1.29, 1.82) is 0 Å². The van der Waals surface area contributed by atoms with E-state index in [1.807, 2.05) is 0 Å². The summed E-state index contributed by atoms with van der Waals surface area (Å²) in [6, 6.07) is 0. The van der Waals surface area contributed by atoms with Crippen LogP contribution in [-0.4, -0.2) is 35.9 Å². The van der Waals surface area contributed by atoms with Gasteiger partial charge in [-0.25, -0.2) is 0 Å². The van der Waals surface area contributed by atoms with Crippen LogP contribution < -0.4 is 0 Å². The fourth-order valence-corrected chi connectivity index (χ4v) is 7.23. The van der Waals surface area contributed by atoms with Crippen molar-refractivity contribution in [1.82, 2.24) is 4.90 Å². The summed E-state index contributed by atoms with van der Waals surface area (Å²) in [6.45, 7) is 5.56. The lowest BCUT2D eigenvalue weighted by Crippen LogP contribution is -2.14. The number of allylic oxidation sites excluding steroid dienone is 6. The van der Waals surface area contributed by atoms with Crippen LogP contribution in [0.25, 0.3) is 0 Å². The quantitative estimate of drug-likeness (QED) is 0.0493. The van der Waals surface area contributed by atoms with Gasteiger partial charge < -0.3 is 4.90 Å². The first-order chi connectivity index (χ1) is 22.6. The van der Waals surface area contributed by atoms with Gasteiger partial charge in [0.25, 0.3) is 0 Å². The minimum Gasteiger partial charge on any atom is -0.309 e. The predicted octanol–water partition coefficient (Wildman–Crippen LogP) is 14.6. The van der Waals surface area contributed by atoms with Gasteiger partial charge in [-0.15, -0.1) is 0 Å². The molecule has 2 nitrogen and oxygen atoms in total. The monoisotopic (exact) mass is 660 g/mol. The summed E-state index contributed by atoms with van der Waals surface area (Å²) in [5.74, 6) is 0. The van der Waals surface area contributed by atoms with E-state index in [1.54, 1.807) is 11.8 Å². The van der Waals surface area contributed by atoms with Crippen LogP contribution in [-0.2, 0) is 4.79 Å². The Morgan fingerprint density at radius 1 is 0.500 bits per heavy atom. The average molecular weight is 660 g/mol. The van der Waals surface area contributed by atoms with Gasteiger partial charge in [0.2, 0.25) is 0 Å². The molecule has 0 aliphatic rings. The number of rotatable bonds is 36. The van der Waals surface area contributed by atoms with Gasteiger partial charge in [-0.1, -0.05) is 171 Å². The van der Waals surface area contributed by atoms with E-state index < -0.39 is 0 Å². The molecule has 0 radical (unpaired) electrons. The summed E-state index contributed by atoms with van der Waals surface area (Å²) in [5.41, 5.74) is 0. The van der Waals surface area contributed by atoms with Crippen LogP contribution in [0.3, 0.4) is 0 Å². The number of hydrogen-bond donors (Lipinski definition) is 0. The van der Waals surface area contributed by atoms with Gasteiger partial charge in [0.05, 0.1) is 0 Å². The molecule has 0 spiro atoms. The average Bonchev–Trinajstić information content (AvgIpc) is 3.04. The lowest BCUT2D eigenvalue weighted by molar-refractivity contribution is -0.111. The largest absolute Gasteiger partial charge is 0.309 e. The smallest absolute Gasteiger partial charge is 0.189 e. The van der Waals surface area contributed by atoms with Gasteiger partial charge in [-0.05, 0) is 97.7 Å². The third-order valence-electron chi connectivity index (χ3n) is 9.05. The predicted molar refractivity (Wildman–Crippen MR) is 212 cm³/mol. The van der Waals surface area contributed by atoms with Gasteiger partial charge in [-0.2, -0.15) is 0 Å². The number of carbonyl (C=O) groups excluding carboxylic acids is 1. The van der Waals surface area contributed by atoms with Gasteiger partial charge in [0.1, 0.15) is 0 Å². The van der Waals surface area contributed by atoms with Crippen molar-refractivity contribution < 1.29 is 4.79 Å². The third kappa shape index (κ3) is 37.7. The standard InChI is InChI=1S/C43H81NOS/c1-5-7-9-11-13-15-17-19-21-23-25-27-29-31-33-35-38-42(46-43(45)40-37-41-44(3)4)39-36-34-32-30-28-26-24-22-20-18-16-14-12-10-8-6-2/h13-16,19,21,42H,5-12,17-18,20,22-41H2,1-4H3. The van der Waals surface area contributed by atoms with E-state index in [4.69, 9.17) is 0 Å². The molecule has 3 heteroatoms. The highest BCUT2D eigenvalue weighted by Crippen LogP contribution is 2.26. The molecule has 0 N–H and O–H groups in total. The molecule has 0 aromatic carbocycles. The minimum atomic E-state index is 0.430. The highest BCUT2D eigenvalue weighted by atomic mass is 32.2. The molecule has 0 aromatic rings. The molecule has 270 valence electrons. The normalized spacial score (nSPS) is 12.9. The highest BCUT2D eigenvalue weighted by Gasteiger charge is 2.14. The van der Waals surface area contributed by atoms with Crippen LogP contribution in [0.5, 0.6) is 0 Å². The Bertz CT molecular complexity index is 697. The zero-order chi connectivity index (χ0) is 33.6. The fourth-order valence-electron chi connectivity index (χ4n) is 6.03. The molecule has 0 bridgehead atoms. The number of carbonyl (C=O) groups is 1. The van der Waals surface area contributed by atoms with Crippen molar-refractivity contribution in [2.75, 3.05) is 20.6 Å². The number of hydrogen-bond acceptors (Lipinski definition) is 3. The Kier molecular flexibility index (Phi) is 38.0. The number of unbranched alkanes of at least 4 members (excludes halogenated alkanes) is 21. The Morgan fingerprint density at radius 3 is 1.28 bits per heavy atom. The van der Waals surface area contributed by atoms with Crippen molar-refractivity contribution in [3.8, 4) is 0 Å². The summed E-state index contributed by atoms with van der Waals surface area (Å²) in [6.07, 6.45) is 53.0. The molecule has 0 fully saturated rings. The van der Waals surface area contributed by atoms with E-state index >= 15 is 0 Å². The first kappa shape index (κ1) is 45.2. The van der Waals surface area contributed by atoms with Crippen molar-refractivity contribution in [3.05, 3.63) is 36.5 Å². The second-order valence-electron chi connectivity index (χ2n) is 14.1. The molecule has 0 amide bonds. The van der Waals surface area contributed by atoms with E-state index in [1.165, 1.54) is 173 Å². The molecule has 1 atom stereocenters. The van der Waals surface area contributed by atoms with Gasteiger partial charge in [0.15, 0.2) is 5.12 Å². The van der Waals surface area contributed by atoms with Gasteiger partial charge in [-0.3, -0.25) is 4.79 Å². The Balaban J connectivity index is 3.96. The van der Waals surface area contributed by atoms with Gasteiger partial charge >= 0.3 is 0 Å². The maximum absolute atomic E-state index is 12.7. The van der Waals surface area contributed by atoms with E-state index in [9.17, 15) is 4.79 Å². The van der Waals surface area contributed by atoms with Crippen LogP contribution in [0, 0.1) is 0 Å². The van der Waals surface area contributed by atoms with Crippen LogP contribution >= 0.6 is 11.8 Å². The van der Waals surface area contributed by atoms with E-state index in [0.29, 0.717) is 10.4 Å². The molecule has 0 saturated heterocycles. The first-order valence-electron chi connectivity index (χ1n) is 20.4. The maximum Gasteiger partial charge on any atom is 0.189 e. The van der Waals surface area contributed by atoms with Crippen molar-refractivity contribution in [3.63, 3.8) is 0 Å². The molecule has 1 unspecified atom stereocenters. The Morgan fingerprint density at radius 2 is 0.870 bits per heavy atom. The molecule has 0 aliphatic heterocycles. The number of thioether (sulfide) groups is 1. The van der Waals surface area contributed by atoms with Crippen LogP contribution in [0.2, 0.25) is 0 Å². The van der Waals surface area contributed by atoms with Crippen LogP contribution in [0.4, 0.5) is 0 Å². The Hall–Kier alpha value is -0.800.